The Kier molecular flexibility index (Phi) is 3.70. The molecule has 2 nitrogen and oxygen atoms in total. The van der Waals surface area contributed by atoms with Crippen LogP contribution in [0.5, 0.6) is 0 Å². The third-order valence-corrected chi connectivity index (χ3v) is 3.63. The van der Waals surface area contributed by atoms with Crippen LogP contribution in [-0.2, 0) is 6.42 Å². The maximum absolute atomic E-state index is 11.5. The molecule has 2 aromatic carbocycles. The van der Waals surface area contributed by atoms with Gasteiger partial charge in [-0.2, -0.15) is 0 Å². The lowest BCUT2D eigenvalue weighted by molar-refractivity contribution is 0.0999. The monoisotopic (exact) mass is 253 g/mol. The van der Waals surface area contributed by atoms with Gasteiger partial charge in [0.05, 0.1) is 0 Å². The Balaban J connectivity index is 2.52. The van der Waals surface area contributed by atoms with E-state index in [9.17, 15) is 4.79 Å². The molecule has 2 rings (SSSR count). The maximum Gasteiger partial charge on any atom is 0.248 e. The fourth-order valence-electron chi connectivity index (χ4n) is 2.21. The van der Waals surface area contributed by atoms with Gasteiger partial charge in [-0.1, -0.05) is 37.3 Å². The van der Waals surface area contributed by atoms with Crippen molar-refractivity contribution < 1.29 is 4.79 Å². The molecule has 0 heterocycles. The smallest absolute Gasteiger partial charge is 0.248 e. The summed E-state index contributed by atoms with van der Waals surface area (Å²) in [6, 6.07) is 12.4. The highest BCUT2D eigenvalue weighted by Crippen LogP contribution is 2.25. The molecule has 0 bridgehead atoms. The highest BCUT2D eigenvalue weighted by atomic mass is 16.1. The van der Waals surface area contributed by atoms with Crippen LogP contribution in [0.25, 0.3) is 11.1 Å². The van der Waals surface area contributed by atoms with E-state index in [1.54, 1.807) is 0 Å². The highest BCUT2D eigenvalue weighted by molar-refractivity contribution is 5.96. The van der Waals surface area contributed by atoms with Gasteiger partial charge in [0.1, 0.15) is 0 Å². The van der Waals surface area contributed by atoms with Crippen LogP contribution in [0.4, 0.5) is 0 Å². The van der Waals surface area contributed by atoms with Crippen LogP contribution < -0.4 is 5.73 Å². The van der Waals surface area contributed by atoms with Gasteiger partial charge in [0.25, 0.3) is 0 Å². The molecule has 0 aliphatic rings. The second-order valence-corrected chi connectivity index (χ2v) is 4.88. The fraction of sp³-hybridized carbons (Fsp3) is 0.235. The van der Waals surface area contributed by atoms with Gasteiger partial charge in [-0.25, -0.2) is 0 Å². The summed E-state index contributed by atoms with van der Waals surface area (Å²) in [4.78, 5) is 11.5. The topological polar surface area (TPSA) is 43.1 Å². The lowest BCUT2D eigenvalue weighted by Crippen LogP contribution is -2.13. The maximum atomic E-state index is 11.5. The van der Waals surface area contributed by atoms with Gasteiger partial charge in [0.15, 0.2) is 0 Å². The van der Waals surface area contributed by atoms with Gasteiger partial charge in [-0.15, -0.1) is 0 Å². The Morgan fingerprint density at radius 2 is 1.68 bits per heavy atom. The van der Waals surface area contributed by atoms with E-state index in [1.807, 2.05) is 19.9 Å². The molecule has 0 saturated carbocycles. The molecule has 98 valence electrons. The van der Waals surface area contributed by atoms with Crippen LogP contribution in [0, 0.1) is 13.8 Å². The number of hydrogen-bond acceptors (Lipinski definition) is 1. The molecule has 0 unspecified atom stereocenters. The van der Waals surface area contributed by atoms with Crippen molar-refractivity contribution >= 4 is 5.91 Å². The average Bonchev–Trinajstić information content (AvgIpc) is 2.41. The first-order chi connectivity index (χ1) is 9.02. The molecule has 0 aliphatic carbocycles. The Morgan fingerprint density at radius 1 is 1.05 bits per heavy atom. The summed E-state index contributed by atoms with van der Waals surface area (Å²) < 4.78 is 0. The van der Waals surface area contributed by atoms with Crippen molar-refractivity contribution in [2.45, 2.75) is 27.2 Å². The van der Waals surface area contributed by atoms with Gasteiger partial charge in [0, 0.05) is 5.56 Å². The van der Waals surface area contributed by atoms with Crippen LogP contribution in [0.15, 0.2) is 36.4 Å². The van der Waals surface area contributed by atoms with Crippen molar-refractivity contribution in [3.63, 3.8) is 0 Å². The molecule has 2 heteroatoms. The number of benzene rings is 2. The number of carbonyl (C=O) groups is 1. The Labute approximate surface area is 114 Å². The van der Waals surface area contributed by atoms with Crippen molar-refractivity contribution in [1.29, 1.82) is 0 Å². The quantitative estimate of drug-likeness (QED) is 0.891. The molecule has 2 aromatic rings. The minimum Gasteiger partial charge on any atom is -0.366 e. The van der Waals surface area contributed by atoms with Crippen LogP contribution in [0.2, 0.25) is 0 Å². The first kappa shape index (κ1) is 13.3. The minimum atomic E-state index is -0.368. The summed E-state index contributed by atoms with van der Waals surface area (Å²) in [7, 11) is 0. The molecule has 0 atom stereocenters. The molecule has 0 radical (unpaired) electrons. The zero-order valence-electron chi connectivity index (χ0n) is 11.7. The molecular formula is C17H19NO. The summed E-state index contributed by atoms with van der Waals surface area (Å²) in [5.74, 6) is -0.368. The van der Waals surface area contributed by atoms with Crippen molar-refractivity contribution in [2.75, 3.05) is 0 Å². The van der Waals surface area contributed by atoms with Gasteiger partial charge >= 0.3 is 0 Å². The van der Waals surface area contributed by atoms with Crippen LogP contribution in [0.1, 0.15) is 34.0 Å². The molecule has 19 heavy (non-hydrogen) atoms. The highest BCUT2D eigenvalue weighted by Gasteiger charge is 2.10. The van der Waals surface area contributed by atoms with Crippen molar-refractivity contribution in [3.8, 4) is 11.1 Å². The number of nitrogens with two attached hydrogens (primary N) is 1. The third kappa shape index (κ3) is 2.68. The fourth-order valence-corrected chi connectivity index (χ4v) is 2.21. The SMILES string of the molecule is CCc1ccc(-c2cc(C)c(C)c(C(N)=O)c2)cc1. The summed E-state index contributed by atoms with van der Waals surface area (Å²) in [5, 5.41) is 0. The van der Waals surface area contributed by atoms with E-state index < -0.39 is 0 Å². The van der Waals surface area contributed by atoms with E-state index in [4.69, 9.17) is 5.73 Å². The second-order valence-electron chi connectivity index (χ2n) is 4.88. The van der Waals surface area contributed by atoms with E-state index in [2.05, 4.69) is 37.3 Å². The Hall–Kier alpha value is -2.09. The lowest BCUT2D eigenvalue weighted by Gasteiger charge is -2.10. The van der Waals surface area contributed by atoms with Crippen LogP contribution >= 0.6 is 0 Å². The predicted octanol–water partition coefficient (Wildman–Crippen LogP) is 3.63. The average molecular weight is 253 g/mol. The van der Waals surface area contributed by atoms with E-state index in [1.165, 1.54) is 5.56 Å². The normalized spacial score (nSPS) is 10.5. The van der Waals surface area contributed by atoms with E-state index in [-0.39, 0.29) is 5.91 Å². The van der Waals surface area contributed by atoms with E-state index in [0.717, 1.165) is 28.7 Å². The zero-order chi connectivity index (χ0) is 14.0. The van der Waals surface area contributed by atoms with Gasteiger partial charge in [-0.05, 0) is 54.2 Å². The van der Waals surface area contributed by atoms with Crippen molar-refractivity contribution in [2.24, 2.45) is 5.73 Å². The number of primary amides is 1. The summed E-state index contributed by atoms with van der Waals surface area (Å²) in [5.41, 5.74) is 11.6. The van der Waals surface area contributed by atoms with Crippen LogP contribution in [0.3, 0.4) is 0 Å². The number of aryl methyl sites for hydroxylation is 2. The van der Waals surface area contributed by atoms with Crippen molar-refractivity contribution in [3.05, 3.63) is 58.7 Å². The van der Waals surface area contributed by atoms with Gasteiger partial charge < -0.3 is 5.73 Å². The summed E-state index contributed by atoms with van der Waals surface area (Å²) in [6.45, 7) is 6.07. The van der Waals surface area contributed by atoms with E-state index in [0.29, 0.717) is 5.56 Å². The second kappa shape index (κ2) is 5.27. The molecule has 0 aliphatic heterocycles. The number of hydrogen-bond donors (Lipinski definition) is 1. The van der Waals surface area contributed by atoms with Crippen molar-refractivity contribution in [1.82, 2.24) is 0 Å². The minimum absolute atomic E-state index is 0.368. The molecule has 0 saturated heterocycles. The number of rotatable bonds is 3. The third-order valence-electron chi connectivity index (χ3n) is 3.63. The first-order valence-electron chi connectivity index (χ1n) is 6.53. The summed E-state index contributed by atoms with van der Waals surface area (Å²) >= 11 is 0. The summed E-state index contributed by atoms with van der Waals surface area (Å²) in [6.07, 6.45) is 1.03. The predicted molar refractivity (Wildman–Crippen MR) is 79.2 cm³/mol. The first-order valence-corrected chi connectivity index (χ1v) is 6.53. The van der Waals surface area contributed by atoms with Crippen LogP contribution in [-0.4, -0.2) is 5.91 Å². The Bertz CT molecular complexity index is 612. The van der Waals surface area contributed by atoms with Gasteiger partial charge in [-0.3, -0.25) is 4.79 Å². The molecule has 0 spiro atoms. The zero-order valence-corrected chi connectivity index (χ0v) is 11.7. The number of carbonyl (C=O) groups excluding carboxylic acids is 1. The standard InChI is InChI=1S/C17H19NO/c1-4-13-5-7-14(8-6-13)15-9-11(2)12(3)16(10-15)17(18)19/h5-10H,4H2,1-3H3,(H2,18,19). The van der Waals surface area contributed by atoms with Gasteiger partial charge in [0.2, 0.25) is 5.91 Å². The Morgan fingerprint density at radius 3 is 2.21 bits per heavy atom. The molecule has 1 amide bonds. The lowest BCUT2D eigenvalue weighted by atomic mass is 9.95. The molecular weight excluding hydrogens is 234 g/mol. The number of amides is 1. The molecule has 2 N–H and O–H groups in total. The largest absolute Gasteiger partial charge is 0.366 e. The molecule has 0 aromatic heterocycles. The van der Waals surface area contributed by atoms with E-state index >= 15 is 0 Å². The molecule has 0 fully saturated rings.